The van der Waals surface area contributed by atoms with Gasteiger partial charge in [-0.25, -0.2) is 12.7 Å². The van der Waals surface area contributed by atoms with Crippen LogP contribution in [0.25, 0.3) is 0 Å². The Balaban J connectivity index is 2.24. The lowest BCUT2D eigenvalue weighted by molar-refractivity contribution is 0.414. The molecule has 0 saturated heterocycles. The minimum atomic E-state index is -3.97. The van der Waals surface area contributed by atoms with Crippen molar-refractivity contribution in [2.75, 3.05) is 18.5 Å². The van der Waals surface area contributed by atoms with E-state index in [4.69, 9.17) is 9.47 Å². The van der Waals surface area contributed by atoms with Crippen molar-refractivity contribution >= 4 is 46.7 Å². The molecule has 0 saturated carbocycles. The van der Waals surface area contributed by atoms with Crippen molar-refractivity contribution in [1.29, 1.82) is 0 Å². The molecule has 0 aliphatic rings. The van der Waals surface area contributed by atoms with Crippen LogP contribution in [0.4, 0.5) is 11.4 Å². The average Bonchev–Trinajstić information content (AvgIpc) is 2.70. The molecule has 8 heteroatoms. The Kier molecular flexibility index (Phi) is 6.12. The summed E-state index contributed by atoms with van der Waals surface area (Å²) in [6.07, 6.45) is 0. The van der Waals surface area contributed by atoms with E-state index in [9.17, 15) is 8.42 Å². The molecule has 0 N–H and O–H groups in total. The highest BCUT2D eigenvalue weighted by atomic mass is 32.2. The van der Waals surface area contributed by atoms with E-state index < -0.39 is 10.0 Å². The number of nitrogens with zero attached hydrogens (tertiary/aromatic N) is 1. The summed E-state index contributed by atoms with van der Waals surface area (Å²) in [5.41, 5.74) is 0.837. The minimum Gasteiger partial charge on any atom is -0.497 e. The second-order valence-electron chi connectivity index (χ2n) is 5.79. The zero-order valence-corrected chi connectivity index (χ0v) is 17.8. The minimum absolute atomic E-state index is 0.0951. The van der Waals surface area contributed by atoms with Crippen LogP contribution >= 0.6 is 25.3 Å². The lowest BCUT2D eigenvalue weighted by Gasteiger charge is -2.26. The molecule has 28 heavy (non-hydrogen) atoms. The normalized spacial score (nSPS) is 11.1. The Hall–Kier alpha value is -2.29. The lowest BCUT2D eigenvalue weighted by atomic mass is 10.2. The van der Waals surface area contributed by atoms with Crippen LogP contribution in [-0.2, 0) is 10.0 Å². The summed E-state index contributed by atoms with van der Waals surface area (Å²) in [4.78, 5) is 0.906. The lowest BCUT2D eigenvalue weighted by Crippen LogP contribution is -2.27. The Bertz CT molecular complexity index is 1080. The Morgan fingerprint density at radius 3 is 1.96 bits per heavy atom. The first-order valence-corrected chi connectivity index (χ1v) is 10.6. The van der Waals surface area contributed by atoms with Gasteiger partial charge in [0, 0.05) is 9.79 Å². The fraction of sp³-hybridized carbons (Fsp3) is 0.100. The molecule has 3 rings (SSSR count). The maximum Gasteiger partial charge on any atom is 0.269 e. The van der Waals surface area contributed by atoms with Crippen molar-refractivity contribution in [1.82, 2.24) is 0 Å². The van der Waals surface area contributed by atoms with Crippen molar-refractivity contribution in [3.8, 4) is 11.5 Å². The molecule has 0 spiro atoms. The van der Waals surface area contributed by atoms with E-state index in [0.717, 1.165) is 0 Å². The summed E-state index contributed by atoms with van der Waals surface area (Å²) < 4.78 is 38.8. The standard InChI is InChI=1S/C20H19NO4S3/c1-24-15-9-7-14(8-10-15)21(17-12-11-16(25-2)13-19(17)27)28(22,23)20-6-4-3-5-18(20)26/h3-13,26-27H,1-2H3. The number of hydrogen-bond acceptors (Lipinski definition) is 6. The van der Waals surface area contributed by atoms with Gasteiger partial charge in [0.15, 0.2) is 0 Å². The number of hydrogen-bond donors (Lipinski definition) is 2. The van der Waals surface area contributed by atoms with Gasteiger partial charge in [0.1, 0.15) is 16.4 Å². The van der Waals surface area contributed by atoms with E-state index in [1.165, 1.54) is 17.5 Å². The van der Waals surface area contributed by atoms with Crippen molar-refractivity contribution in [3.63, 3.8) is 0 Å². The molecule has 146 valence electrons. The molecule has 0 heterocycles. The zero-order valence-electron chi connectivity index (χ0n) is 15.2. The molecule has 0 aliphatic heterocycles. The van der Waals surface area contributed by atoms with Crippen LogP contribution in [0.5, 0.6) is 11.5 Å². The van der Waals surface area contributed by atoms with Gasteiger partial charge in [0.2, 0.25) is 0 Å². The Morgan fingerprint density at radius 2 is 1.39 bits per heavy atom. The number of rotatable bonds is 6. The molecule has 0 aliphatic carbocycles. The summed E-state index contributed by atoms with van der Waals surface area (Å²) in [5.74, 6) is 1.20. The van der Waals surface area contributed by atoms with Crippen LogP contribution in [0.1, 0.15) is 0 Å². The molecule has 0 fully saturated rings. The first kappa shape index (κ1) is 20.4. The van der Waals surface area contributed by atoms with Crippen LogP contribution < -0.4 is 13.8 Å². The van der Waals surface area contributed by atoms with Crippen LogP contribution in [0, 0.1) is 0 Å². The SMILES string of the molecule is COc1ccc(N(c2ccc(OC)cc2S)S(=O)(=O)c2ccccc2S)cc1. The molecule has 0 unspecified atom stereocenters. The van der Waals surface area contributed by atoms with Gasteiger partial charge < -0.3 is 9.47 Å². The molecular weight excluding hydrogens is 414 g/mol. The van der Waals surface area contributed by atoms with Gasteiger partial charge in [-0.2, -0.15) is 0 Å². The van der Waals surface area contributed by atoms with Crippen LogP contribution in [-0.4, -0.2) is 22.6 Å². The van der Waals surface area contributed by atoms with E-state index >= 15 is 0 Å². The second-order valence-corrected chi connectivity index (χ2v) is 8.51. The van der Waals surface area contributed by atoms with Gasteiger partial charge in [0.25, 0.3) is 10.0 Å². The van der Waals surface area contributed by atoms with Gasteiger partial charge in [-0.15, -0.1) is 25.3 Å². The highest BCUT2D eigenvalue weighted by molar-refractivity contribution is 7.94. The molecule has 0 radical (unpaired) electrons. The monoisotopic (exact) mass is 433 g/mol. The smallest absolute Gasteiger partial charge is 0.269 e. The largest absolute Gasteiger partial charge is 0.497 e. The van der Waals surface area contributed by atoms with Crippen molar-refractivity contribution < 1.29 is 17.9 Å². The molecule has 0 bridgehead atoms. The second kappa shape index (κ2) is 8.38. The fourth-order valence-electron chi connectivity index (χ4n) is 2.70. The highest BCUT2D eigenvalue weighted by Gasteiger charge is 2.29. The summed E-state index contributed by atoms with van der Waals surface area (Å²) in [6.45, 7) is 0. The molecule has 5 nitrogen and oxygen atoms in total. The van der Waals surface area contributed by atoms with E-state index in [-0.39, 0.29) is 4.90 Å². The number of thiol groups is 2. The third-order valence-electron chi connectivity index (χ3n) is 4.09. The summed E-state index contributed by atoms with van der Waals surface area (Å²) in [7, 11) is -0.882. The van der Waals surface area contributed by atoms with Gasteiger partial charge in [-0.3, -0.25) is 0 Å². The maximum atomic E-state index is 13.6. The van der Waals surface area contributed by atoms with Gasteiger partial charge in [0.05, 0.1) is 25.6 Å². The first-order chi connectivity index (χ1) is 13.4. The molecule has 0 aromatic heterocycles. The fourth-order valence-corrected chi connectivity index (χ4v) is 5.17. The third kappa shape index (κ3) is 3.94. The molecular formula is C20H19NO4S3. The zero-order chi connectivity index (χ0) is 20.3. The summed E-state index contributed by atoms with van der Waals surface area (Å²) in [6, 6.07) is 18.3. The predicted molar refractivity (Wildman–Crippen MR) is 116 cm³/mol. The van der Waals surface area contributed by atoms with Crippen molar-refractivity contribution in [3.05, 3.63) is 66.7 Å². The molecule has 3 aromatic rings. The topological polar surface area (TPSA) is 55.8 Å². The average molecular weight is 434 g/mol. The van der Waals surface area contributed by atoms with Crippen molar-refractivity contribution in [2.24, 2.45) is 0 Å². The van der Waals surface area contributed by atoms with E-state index in [1.807, 2.05) is 0 Å². The Morgan fingerprint density at radius 1 is 0.786 bits per heavy atom. The van der Waals surface area contributed by atoms with Crippen LogP contribution in [0.15, 0.2) is 81.4 Å². The van der Waals surface area contributed by atoms with E-state index in [0.29, 0.717) is 32.7 Å². The predicted octanol–water partition coefficient (Wildman–Crippen LogP) is 4.81. The Labute approximate surface area is 175 Å². The van der Waals surface area contributed by atoms with E-state index in [1.54, 1.807) is 67.8 Å². The molecule has 3 aromatic carbocycles. The summed E-state index contributed by atoms with van der Waals surface area (Å²) >= 11 is 8.82. The highest BCUT2D eigenvalue weighted by Crippen LogP contribution is 2.39. The van der Waals surface area contributed by atoms with Crippen molar-refractivity contribution in [2.45, 2.75) is 14.7 Å². The van der Waals surface area contributed by atoms with Crippen LogP contribution in [0.2, 0.25) is 0 Å². The summed E-state index contributed by atoms with van der Waals surface area (Å²) in [5, 5.41) is 0. The number of sulfonamides is 1. The van der Waals surface area contributed by atoms with Gasteiger partial charge in [-0.05, 0) is 54.6 Å². The number of ether oxygens (including phenoxy) is 2. The molecule has 0 atom stereocenters. The first-order valence-electron chi connectivity index (χ1n) is 8.23. The number of methoxy groups -OCH3 is 2. The van der Waals surface area contributed by atoms with Gasteiger partial charge >= 0.3 is 0 Å². The number of benzene rings is 3. The molecule has 0 amide bonds. The quantitative estimate of drug-likeness (QED) is 0.548. The number of anilines is 2. The van der Waals surface area contributed by atoms with Crippen LogP contribution in [0.3, 0.4) is 0 Å². The third-order valence-corrected chi connectivity index (χ3v) is 6.79. The van der Waals surface area contributed by atoms with E-state index in [2.05, 4.69) is 25.3 Å². The maximum absolute atomic E-state index is 13.6. The van der Waals surface area contributed by atoms with Gasteiger partial charge in [-0.1, -0.05) is 12.1 Å².